The summed E-state index contributed by atoms with van der Waals surface area (Å²) in [5.74, 6) is 0.875. The van der Waals surface area contributed by atoms with E-state index in [1.54, 1.807) is 12.3 Å². The number of fused-ring (bicyclic) bond motifs is 3. The summed E-state index contributed by atoms with van der Waals surface area (Å²) in [6.45, 7) is 0. The third kappa shape index (κ3) is 2.61. The van der Waals surface area contributed by atoms with Gasteiger partial charge in [-0.1, -0.05) is 18.2 Å². The van der Waals surface area contributed by atoms with E-state index in [4.69, 9.17) is 4.42 Å². The predicted octanol–water partition coefficient (Wildman–Crippen LogP) is 3.12. The van der Waals surface area contributed by atoms with Gasteiger partial charge in [-0.05, 0) is 43.5 Å². The van der Waals surface area contributed by atoms with Gasteiger partial charge >= 0.3 is 0 Å². The number of carbonyl (C=O) groups excluding carboxylic acids is 1. The molecule has 3 unspecified atom stereocenters. The van der Waals surface area contributed by atoms with E-state index in [0.717, 1.165) is 29.3 Å². The summed E-state index contributed by atoms with van der Waals surface area (Å²) in [6, 6.07) is 14.7. The van der Waals surface area contributed by atoms with Gasteiger partial charge in [0.1, 0.15) is 5.76 Å². The number of nitrogens with zero attached hydrogens (tertiary/aromatic N) is 1. The van der Waals surface area contributed by atoms with Crippen LogP contribution in [-0.4, -0.2) is 29.0 Å². The molecular weight excluding hydrogens is 314 g/mol. The van der Waals surface area contributed by atoms with Gasteiger partial charge in [-0.3, -0.25) is 9.78 Å². The minimum Gasteiger partial charge on any atom is -0.451 e. The molecule has 5 heteroatoms. The fourth-order valence-electron chi connectivity index (χ4n) is 4.04. The molecule has 1 aromatic carbocycles. The van der Waals surface area contributed by atoms with Crippen LogP contribution < -0.4 is 10.6 Å². The smallest absolute Gasteiger partial charge is 0.287 e. The molecule has 5 nitrogen and oxygen atoms in total. The lowest BCUT2D eigenvalue weighted by atomic mass is 9.95. The molecule has 0 saturated carbocycles. The molecule has 2 aromatic heterocycles. The first-order valence-corrected chi connectivity index (χ1v) is 8.78. The molecule has 3 aromatic rings. The SMILES string of the molecule is O=C(NC1CC2CCC1N2)c1ccc(-c2cnc3ccccc3c2)o1. The normalized spacial score (nSPS) is 24.7. The zero-order chi connectivity index (χ0) is 16.8. The summed E-state index contributed by atoms with van der Waals surface area (Å²) in [5, 5.41) is 7.69. The molecule has 0 aliphatic carbocycles. The van der Waals surface area contributed by atoms with Gasteiger partial charge in [0.2, 0.25) is 0 Å². The molecule has 2 aliphatic heterocycles. The third-order valence-corrected chi connectivity index (χ3v) is 5.32. The van der Waals surface area contributed by atoms with Crippen LogP contribution in [0, 0.1) is 0 Å². The van der Waals surface area contributed by atoms with Crippen molar-refractivity contribution in [1.82, 2.24) is 15.6 Å². The van der Waals surface area contributed by atoms with Crippen LogP contribution in [0.3, 0.4) is 0 Å². The topological polar surface area (TPSA) is 67.2 Å². The molecule has 5 rings (SSSR count). The van der Waals surface area contributed by atoms with Crippen molar-refractivity contribution < 1.29 is 9.21 Å². The number of para-hydroxylation sites is 1. The molecule has 0 spiro atoms. The molecular formula is C20H19N3O2. The lowest BCUT2D eigenvalue weighted by Gasteiger charge is -2.20. The van der Waals surface area contributed by atoms with Crippen molar-refractivity contribution in [3.8, 4) is 11.3 Å². The van der Waals surface area contributed by atoms with Crippen LogP contribution in [0.1, 0.15) is 29.8 Å². The van der Waals surface area contributed by atoms with Crippen molar-refractivity contribution in [2.75, 3.05) is 0 Å². The summed E-state index contributed by atoms with van der Waals surface area (Å²) >= 11 is 0. The Labute approximate surface area is 145 Å². The Morgan fingerprint density at radius 3 is 2.96 bits per heavy atom. The summed E-state index contributed by atoms with van der Waals surface area (Å²) in [7, 11) is 0. The lowest BCUT2D eigenvalue weighted by Crippen LogP contribution is -2.42. The zero-order valence-corrected chi connectivity index (χ0v) is 13.7. The number of benzene rings is 1. The van der Waals surface area contributed by atoms with E-state index in [-0.39, 0.29) is 11.9 Å². The molecule has 2 saturated heterocycles. The van der Waals surface area contributed by atoms with Crippen molar-refractivity contribution in [3.05, 3.63) is 54.4 Å². The first-order chi connectivity index (χ1) is 12.3. The Balaban J connectivity index is 1.36. The average molecular weight is 333 g/mol. The van der Waals surface area contributed by atoms with E-state index >= 15 is 0 Å². The second-order valence-electron chi connectivity index (χ2n) is 6.94. The van der Waals surface area contributed by atoms with Gasteiger partial charge in [0, 0.05) is 35.3 Å². The number of rotatable bonds is 3. The summed E-state index contributed by atoms with van der Waals surface area (Å²) < 4.78 is 5.80. The molecule has 2 aliphatic rings. The fraction of sp³-hybridized carbons (Fsp3) is 0.300. The van der Waals surface area contributed by atoms with Crippen LogP contribution in [0.4, 0.5) is 0 Å². The molecule has 3 atom stereocenters. The average Bonchev–Trinajstić information content (AvgIpc) is 3.38. The lowest BCUT2D eigenvalue weighted by molar-refractivity contribution is 0.0903. The first-order valence-electron chi connectivity index (χ1n) is 8.78. The number of pyridine rings is 1. The van der Waals surface area contributed by atoms with Crippen molar-refractivity contribution in [1.29, 1.82) is 0 Å². The van der Waals surface area contributed by atoms with Gasteiger partial charge in [0.25, 0.3) is 5.91 Å². The van der Waals surface area contributed by atoms with E-state index in [9.17, 15) is 4.79 Å². The summed E-state index contributed by atoms with van der Waals surface area (Å²) in [4.78, 5) is 16.9. The monoisotopic (exact) mass is 333 g/mol. The number of hydrogen-bond acceptors (Lipinski definition) is 4. The third-order valence-electron chi connectivity index (χ3n) is 5.32. The number of carbonyl (C=O) groups is 1. The van der Waals surface area contributed by atoms with Gasteiger partial charge in [-0.2, -0.15) is 0 Å². The maximum atomic E-state index is 12.5. The molecule has 2 N–H and O–H groups in total. The molecule has 0 radical (unpaired) electrons. The van der Waals surface area contributed by atoms with E-state index in [2.05, 4.69) is 15.6 Å². The molecule has 2 fully saturated rings. The molecule has 2 bridgehead atoms. The van der Waals surface area contributed by atoms with Gasteiger partial charge in [-0.15, -0.1) is 0 Å². The van der Waals surface area contributed by atoms with E-state index in [0.29, 0.717) is 23.6 Å². The highest BCUT2D eigenvalue weighted by Crippen LogP contribution is 2.29. The van der Waals surface area contributed by atoms with Gasteiger partial charge in [0.05, 0.1) is 5.52 Å². The summed E-state index contributed by atoms with van der Waals surface area (Å²) in [6.07, 6.45) is 5.15. The molecule has 1 amide bonds. The minimum absolute atomic E-state index is 0.139. The quantitative estimate of drug-likeness (QED) is 0.773. The number of amides is 1. The van der Waals surface area contributed by atoms with Crippen LogP contribution in [0.2, 0.25) is 0 Å². The van der Waals surface area contributed by atoms with Crippen LogP contribution in [0.25, 0.3) is 22.2 Å². The number of furan rings is 1. The first kappa shape index (κ1) is 14.7. The van der Waals surface area contributed by atoms with Crippen molar-refractivity contribution in [2.24, 2.45) is 0 Å². The summed E-state index contributed by atoms with van der Waals surface area (Å²) in [5.41, 5.74) is 1.82. The Kier molecular flexibility index (Phi) is 3.35. The second kappa shape index (κ2) is 5.70. The van der Waals surface area contributed by atoms with Gasteiger partial charge in [0.15, 0.2) is 5.76 Å². The molecule has 25 heavy (non-hydrogen) atoms. The van der Waals surface area contributed by atoms with Crippen molar-refractivity contribution in [2.45, 2.75) is 37.4 Å². The highest BCUT2D eigenvalue weighted by molar-refractivity contribution is 5.92. The highest BCUT2D eigenvalue weighted by Gasteiger charge is 2.39. The molecule has 4 heterocycles. The maximum absolute atomic E-state index is 12.5. The Bertz CT molecular complexity index is 949. The standard InChI is InChI=1S/C20H19N3O2/c24-20(23-17-10-14-5-6-16(17)22-14)19-8-7-18(25-19)13-9-12-3-1-2-4-15(12)21-11-13/h1-4,7-9,11,14,16-17,22H,5-6,10H2,(H,23,24). The van der Waals surface area contributed by atoms with Crippen molar-refractivity contribution >= 4 is 16.8 Å². The Hall–Kier alpha value is -2.66. The van der Waals surface area contributed by atoms with Gasteiger partial charge < -0.3 is 15.1 Å². The zero-order valence-electron chi connectivity index (χ0n) is 13.7. The van der Waals surface area contributed by atoms with E-state index < -0.39 is 0 Å². The number of nitrogens with one attached hydrogen (secondary N) is 2. The Morgan fingerprint density at radius 1 is 1.20 bits per heavy atom. The van der Waals surface area contributed by atoms with E-state index in [1.807, 2.05) is 36.4 Å². The highest BCUT2D eigenvalue weighted by atomic mass is 16.3. The predicted molar refractivity (Wildman–Crippen MR) is 95.3 cm³/mol. The number of hydrogen-bond donors (Lipinski definition) is 2. The van der Waals surface area contributed by atoms with Crippen LogP contribution in [0.5, 0.6) is 0 Å². The van der Waals surface area contributed by atoms with E-state index in [1.165, 1.54) is 6.42 Å². The van der Waals surface area contributed by atoms with Crippen molar-refractivity contribution in [3.63, 3.8) is 0 Å². The second-order valence-corrected chi connectivity index (χ2v) is 6.94. The Morgan fingerprint density at radius 2 is 2.12 bits per heavy atom. The maximum Gasteiger partial charge on any atom is 0.287 e. The minimum atomic E-state index is -0.139. The van der Waals surface area contributed by atoms with Crippen LogP contribution in [-0.2, 0) is 0 Å². The van der Waals surface area contributed by atoms with Gasteiger partial charge in [-0.25, -0.2) is 0 Å². The van der Waals surface area contributed by atoms with Crippen LogP contribution in [0.15, 0.2) is 53.1 Å². The molecule has 126 valence electrons. The largest absolute Gasteiger partial charge is 0.451 e. The fourth-order valence-corrected chi connectivity index (χ4v) is 4.04. The van der Waals surface area contributed by atoms with Crippen LogP contribution >= 0.6 is 0 Å². The number of aromatic nitrogens is 1.